The number of hydrogen-bond acceptors (Lipinski definition) is 4. The van der Waals surface area contributed by atoms with Crippen LogP contribution in [0.15, 0.2) is 0 Å². The van der Waals surface area contributed by atoms with Crippen molar-refractivity contribution in [2.75, 3.05) is 13.2 Å². The Morgan fingerprint density at radius 3 is 2.33 bits per heavy atom. The summed E-state index contributed by atoms with van der Waals surface area (Å²) in [5, 5.41) is 8.69. The van der Waals surface area contributed by atoms with Gasteiger partial charge in [-0.25, -0.2) is 0 Å². The summed E-state index contributed by atoms with van der Waals surface area (Å²) in [7, 11) is 0. The molecule has 2 saturated heterocycles. The van der Waals surface area contributed by atoms with E-state index in [-0.39, 0.29) is 11.4 Å². The lowest BCUT2D eigenvalue weighted by Crippen LogP contribution is -2.17. The van der Waals surface area contributed by atoms with Gasteiger partial charge in [0.1, 0.15) is 0 Å². The first kappa shape index (κ1) is 12.5. The van der Waals surface area contributed by atoms with Gasteiger partial charge in [-0.05, 0) is 19.3 Å². The third-order valence-corrected chi connectivity index (χ3v) is 2.40. The van der Waals surface area contributed by atoms with Crippen molar-refractivity contribution in [3.8, 4) is 0 Å². The number of cyclic esters (lactones) is 1. The molecule has 0 bridgehead atoms. The van der Waals surface area contributed by atoms with Crippen LogP contribution < -0.4 is 0 Å². The summed E-state index contributed by atoms with van der Waals surface area (Å²) in [6.07, 6.45) is 3.15. The highest BCUT2D eigenvalue weighted by Crippen LogP contribution is 2.26. The molecule has 88 valence electrons. The van der Waals surface area contributed by atoms with Gasteiger partial charge in [0.2, 0.25) is 0 Å². The van der Waals surface area contributed by atoms with E-state index >= 15 is 0 Å². The van der Waals surface area contributed by atoms with Crippen LogP contribution in [-0.4, -0.2) is 30.6 Å². The van der Waals surface area contributed by atoms with E-state index in [9.17, 15) is 4.79 Å². The van der Waals surface area contributed by atoms with Crippen molar-refractivity contribution < 1.29 is 19.4 Å². The van der Waals surface area contributed by atoms with Crippen molar-refractivity contribution in [1.29, 1.82) is 0 Å². The number of hydrogen-bond donors (Lipinski definition) is 1. The smallest absolute Gasteiger partial charge is 0.306 e. The van der Waals surface area contributed by atoms with E-state index in [0.717, 1.165) is 25.9 Å². The van der Waals surface area contributed by atoms with E-state index in [1.54, 1.807) is 0 Å². The molecule has 15 heavy (non-hydrogen) atoms. The fourth-order valence-electron chi connectivity index (χ4n) is 1.49. The molecule has 2 heterocycles. The Morgan fingerprint density at radius 2 is 2.13 bits per heavy atom. The van der Waals surface area contributed by atoms with Crippen LogP contribution in [0.25, 0.3) is 0 Å². The highest BCUT2D eigenvalue weighted by atomic mass is 16.6. The minimum Gasteiger partial charge on any atom is -0.465 e. The molecule has 2 aliphatic heterocycles. The second-order valence-electron chi connectivity index (χ2n) is 4.82. The second-order valence-corrected chi connectivity index (χ2v) is 4.82. The van der Waals surface area contributed by atoms with Gasteiger partial charge in [0.25, 0.3) is 0 Å². The van der Waals surface area contributed by atoms with Crippen molar-refractivity contribution >= 4 is 5.97 Å². The highest BCUT2D eigenvalue weighted by Gasteiger charge is 2.30. The Labute approximate surface area is 90.6 Å². The van der Waals surface area contributed by atoms with Gasteiger partial charge in [0.15, 0.2) is 6.29 Å². The van der Waals surface area contributed by atoms with E-state index in [1.807, 2.05) is 13.8 Å². The van der Waals surface area contributed by atoms with Gasteiger partial charge >= 0.3 is 5.97 Å². The van der Waals surface area contributed by atoms with Crippen LogP contribution >= 0.6 is 0 Å². The molecule has 0 spiro atoms. The van der Waals surface area contributed by atoms with Crippen LogP contribution in [0.5, 0.6) is 0 Å². The van der Waals surface area contributed by atoms with Crippen molar-refractivity contribution in [2.24, 2.45) is 5.41 Å². The van der Waals surface area contributed by atoms with Gasteiger partial charge in [-0.15, -0.1) is 0 Å². The molecule has 2 fully saturated rings. The van der Waals surface area contributed by atoms with Crippen molar-refractivity contribution in [2.45, 2.75) is 45.8 Å². The van der Waals surface area contributed by atoms with Crippen LogP contribution in [0.3, 0.4) is 0 Å². The summed E-state index contributed by atoms with van der Waals surface area (Å²) in [4.78, 5) is 10.4. The lowest BCUT2D eigenvalue weighted by molar-refractivity contribution is -0.137. The number of carbonyl (C=O) groups excluding carboxylic acids is 1. The van der Waals surface area contributed by atoms with Crippen molar-refractivity contribution in [3.05, 3.63) is 0 Å². The molecule has 4 nitrogen and oxygen atoms in total. The number of carbonyl (C=O) groups is 1. The van der Waals surface area contributed by atoms with E-state index in [0.29, 0.717) is 13.0 Å². The molecular formula is C11H20O4. The highest BCUT2D eigenvalue weighted by molar-refractivity contribution is 5.72. The fourth-order valence-corrected chi connectivity index (χ4v) is 1.49. The van der Waals surface area contributed by atoms with Gasteiger partial charge in [-0.3, -0.25) is 4.79 Å². The zero-order valence-electron chi connectivity index (χ0n) is 9.49. The first-order chi connectivity index (χ1) is 6.99. The molecule has 1 unspecified atom stereocenters. The molecule has 2 aliphatic rings. The first-order valence-electron chi connectivity index (χ1n) is 5.45. The fraction of sp³-hybridized carbons (Fsp3) is 0.909. The number of esters is 1. The predicted molar refractivity (Wildman–Crippen MR) is 55.2 cm³/mol. The summed E-state index contributed by atoms with van der Waals surface area (Å²) >= 11 is 0. The summed E-state index contributed by atoms with van der Waals surface area (Å²) < 4.78 is 9.56. The van der Waals surface area contributed by atoms with Crippen LogP contribution in [0, 0.1) is 5.41 Å². The largest absolute Gasteiger partial charge is 0.465 e. The van der Waals surface area contributed by atoms with Crippen molar-refractivity contribution in [3.63, 3.8) is 0 Å². The molecule has 0 aliphatic carbocycles. The number of ether oxygens (including phenoxy) is 2. The zero-order chi connectivity index (χ0) is 11.3. The molecule has 0 saturated carbocycles. The number of aliphatic hydroxyl groups is 1. The minimum atomic E-state index is -0.464. The molecule has 1 N–H and O–H groups in total. The first-order valence-corrected chi connectivity index (χ1v) is 5.45. The Kier molecular flexibility index (Phi) is 4.54. The van der Waals surface area contributed by atoms with E-state index in [1.165, 1.54) is 0 Å². The summed E-state index contributed by atoms with van der Waals surface area (Å²) in [5.41, 5.74) is 0.0943. The monoisotopic (exact) mass is 216 g/mol. The molecule has 2 rings (SSSR count). The van der Waals surface area contributed by atoms with Crippen LogP contribution in [0.2, 0.25) is 0 Å². The molecule has 0 aromatic rings. The van der Waals surface area contributed by atoms with Crippen LogP contribution in [0.1, 0.15) is 39.5 Å². The Hall–Kier alpha value is -0.610. The maximum Gasteiger partial charge on any atom is 0.306 e. The Balaban J connectivity index is 0.000000151. The number of aliphatic hydroxyl groups excluding tert-OH is 1. The Bertz CT molecular complexity index is 207. The maximum atomic E-state index is 10.4. The molecular weight excluding hydrogens is 196 g/mol. The minimum absolute atomic E-state index is 0.0602. The third-order valence-electron chi connectivity index (χ3n) is 2.40. The quantitative estimate of drug-likeness (QED) is 0.623. The predicted octanol–water partition coefficient (Wildman–Crippen LogP) is 1.46. The third kappa shape index (κ3) is 5.14. The van der Waals surface area contributed by atoms with Gasteiger partial charge < -0.3 is 14.6 Å². The van der Waals surface area contributed by atoms with Crippen molar-refractivity contribution in [1.82, 2.24) is 0 Å². The summed E-state index contributed by atoms with van der Waals surface area (Å²) in [5.74, 6) is -0.0602. The van der Waals surface area contributed by atoms with Crippen LogP contribution in [-0.2, 0) is 14.3 Å². The number of rotatable bonds is 0. The molecule has 0 aromatic heterocycles. The second kappa shape index (κ2) is 5.47. The van der Waals surface area contributed by atoms with Crippen LogP contribution in [0.4, 0.5) is 0 Å². The molecule has 0 amide bonds. The van der Waals surface area contributed by atoms with Gasteiger partial charge in [0.05, 0.1) is 13.0 Å². The zero-order valence-corrected chi connectivity index (χ0v) is 9.49. The van der Waals surface area contributed by atoms with Gasteiger partial charge in [-0.1, -0.05) is 13.8 Å². The standard InChI is InChI=1S/C6H10O2.C5H10O2/c1-6(2)3-5(7)8-4-6;6-5-3-1-2-4-7-5/h3-4H2,1-2H3;5-6H,1-4H2. The lowest BCUT2D eigenvalue weighted by Gasteiger charge is -2.16. The van der Waals surface area contributed by atoms with E-state index in [4.69, 9.17) is 14.6 Å². The molecule has 4 heteroatoms. The Morgan fingerprint density at radius 1 is 1.40 bits per heavy atom. The average Bonchev–Trinajstić information content (AvgIpc) is 2.46. The maximum absolute atomic E-state index is 10.4. The van der Waals surface area contributed by atoms with E-state index in [2.05, 4.69) is 0 Å². The summed E-state index contributed by atoms with van der Waals surface area (Å²) in [6, 6.07) is 0. The normalized spacial score (nSPS) is 29.0. The summed E-state index contributed by atoms with van der Waals surface area (Å²) in [6.45, 7) is 5.38. The molecule has 1 atom stereocenters. The topological polar surface area (TPSA) is 55.8 Å². The average molecular weight is 216 g/mol. The van der Waals surface area contributed by atoms with E-state index < -0.39 is 6.29 Å². The molecule has 0 radical (unpaired) electrons. The lowest BCUT2D eigenvalue weighted by atomic mass is 9.93. The van der Waals surface area contributed by atoms with Gasteiger partial charge in [-0.2, -0.15) is 0 Å². The molecule has 0 aromatic carbocycles. The van der Waals surface area contributed by atoms with Gasteiger partial charge in [0, 0.05) is 12.0 Å². The SMILES string of the molecule is CC1(C)COC(=O)C1.OC1CCCCO1.